The number of hydrogen-bond acceptors (Lipinski definition) is 2. The van der Waals surface area contributed by atoms with Crippen LogP contribution < -0.4 is 4.90 Å². The van der Waals surface area contributed by atoms with Crippen LogP contribution in [0.5, 0.6) is 0 Å². The molecular weight excluding hydrogens is 232 g/mol. The van der Waals surface area contributed by atoms with Gasteiger partial charge in [0.1, 0.15) is 0 Å². The number of carboxylic acid groups (broad SMARTS) is 1. The third-order valence-electron chi connectivity index (χ3n) is 3.27. The Labute approximate surface area is 106 Å². The predicted octanol–water partition coefficient (Wildman–Crippen LogP) is 1.75. The number of carboxylic acids is 1. The van der Waals surface area contributed by atoms with Crippen LogP contribution in [0, 0.1) is 0 Å². The van der Waals surface area contributed by atoms with Crippen molar-refractivity contribution >= 4 is 17.7 Å². The Bertz CT molecular complexity index is 487. The molecule has 96 valence electrons. The molecule has 1 aromatic carbocycles. The van der Waals surface area contributed by atoms with Gasteiger partial charge in [0, 0.05) is 25.8 Å². The number of benzene rings is 1. The monoisotopic (exact) mass is 248 g/mol. The van der Waals surface area contributed by atoms with Gasteiger partial charge in [0.05, 0.1) is 5.92 Å². The summed E-state index contributed by atoms with van der Waals surface area (Å²) in [4.78, 5) is 26.1. The van der Waals surface area contributed by atoms with Gasteiger partial charge in [-0.1, -0.05) is 12.1 Å². The Morgan fingerprint density at radius 1 is 1.39 bits per heavy atom. The number of carbonyl (C=O) groups excluding carboxylic acids is 1. The Morgan fingerprint density at radius 3 is 2.67 bits per heavy atom. The number of urea groups is 1. The highest BCUT2D eigenvalue weighted by molar-refractivity contribution is 5.94. The van der Waals surface area contributed by atoms with Crippen molar-refractivity contribution < 1.29 is 14.7 Å². The molecule has 1 fully saturated rings. The zero-order chi connectivity index (χ0) is 13.3. The minimum absolute atomic E-state index is 0.0462. The van der Waals surface area contributed by atoms with E-state index < -0.39 is 11.9 Å². The molecule has 2 rings (SSSR count). The van der Waals surface area contributed by atoms with Gasteiger partial charge in [-0.3, -0.25) is 9.69 Å². The number of nitrogens with zero attached hydrogens (tertiary/aromatic N) is 2. The highest BCUT2D eigenvalue weighted by atomic mass is 16.4. The Morgan fingerprint density at radius 2 is 2.11 bits per heavy atom. The van der Waals surface area contributed by atoms with E-state index in [-0.39, 0.29) is 6.03 Å². The molecule has 0 saturated carbocycles. The van der Waals surface area contributed by atoms with Gasteiger partial charge in [-0.15, -0.1) is 0 Å². The van der Waals surface area contributed by atoms with Crippen LogP contribution in [-0.4, -0.2) is 42.1 Å². The van der Waals surface area contributed by atoms with Gasteiger partial charge in [-0.05, 0) is 24.6 Å². The molecule has 5 heteroatoms. The molecule has 0 aromatic heterocycles. The van der Waals surface area contributed by atoms with E-state index in [9.17, 15) is 9.59 Å². The van der Waals surface area contributed by atoms with Crippen LogP contribution in [0.4, 0.5) is 10.5 Å². The molecule has 18 heavy (non-hydrogen) atoms. The van der Waals surface area contributed by atoms with E-state index in [4.69, 9.17) is 5.11 Å². The second kappa shape index (κ2) is 4.68. The van der Waals surface area contributed by atoms with E-state index in [1.165, 1.54) is 0 Å². The topological polar surface area (TPSA) is 60.9 Å². The molecule has 1 aromatic rings. The van der Waals surface area contributed by atoms with E-state index >= 15 is 0 Å². The van der Waals surface area contributed by atoms with Gasteiger partial charge in [0.2, 0.25) is 0 Å². The largest absolute Gasteiger partial charge is 0.481 e. The minimum atomic E-state index is -0.864. The molecule has 1 aliphatic rings. The predicted molar refractivity (Wildman–Crippen MR) is 67.9 cm³/mol. The molecule has 1 saturated heterocycles. The lowest BCUT2D eigenvalue weighted by Crippen LogP contribution is -2.29. The van der Waals surface area contributed by atoms with Gasteiger partial charge < -0.3 is 10.0 Å². The molecule has 1 aliphatic heterocycles. The summed E-state index contributed by atoms with van der Waals surface area (Å²) in [7, 11) is 1.76. The summed E-state index contributed by atoms with van der Waals surface area (Å²) >= 11 is 0. The van der Waals surface area contributed by atoms with Crippen LogP contribution >= 0.6 is 0 Å². The van der Waals surface area contributed by atoms with Crippen molar-refractivity contribution in [2.75, 3.05) is 25.0 Å². The van der Waals surface area contributed by atoms with Crippen molar-refractivity contribution in [3.05, 3.63) is 29.8 Å². The second-order valence-corrected chi connectivity index (χ2v) is 4.51. The van der Waals surface area contributed by atoms with Gasteiger partial charge in [-0.25, -0.2) is 4.79 Å². The Kier molecular flexibility index (Phi) is 3.23. The van der Waals surface area contributed by atoms with Crippen LogP contribution in [0.3, 0.4) is 0 Å². The van der Waals surface area contributed by atoms with Crippen molar-refractivity contribution in [3.8, 4) is 0 Å². The fraction of sp³-hybridized carbons (Fsp3) is 0.385. The number of hydrogen-bond donors (Lipinski definition) is 1. The fourth-order valence-corrected chi connectivity index (χ4v) is 1.99. The summed E-state index contributed by atoms with van der Waals surface area (Å²) in [6.07, 6.45) is 0. The van der Waals surface area contributed by atoms with Crippen LogP contribution in [0.2, 0.25) is 0 Å². The summed E-state index contributed by atoms with van der Waals surface area (Å²) < 4.78 is 0. The molecule has 1 N–H and O–H groups in total. The van der Waals surface area contributed by atoms with Crippen molar-refractivity contribution in [2.45, 2.75) is 12.8 Å². The quantitative estimate of drug-likeness (QED) is 0.886. The van der Waals surface area contributed by atoms with Gasteiger partial charge in [0.25, 0.3) is 0 Å². The maximum absolute atomic E-state index is 11.9. The molecule has 2 amide bonds. The minimum Gasteiger partial charge on any atom is -0.481 e. The average Bonchev–Trinajstić information content (AvgIpc) is 2.69. The average molecular weight is 248 g/mol. The van der Waals surface area contributed by atoms with Gasteiger partial charge in [0.15, 0.2) is 0 Å². The van der Waals surface area contributed by atoms with Crippen LogP contribution in [0.15, 0.2) is 24.3 Å². The van der Waals surface area contributed by atoms with E-state index in [0.29, 0.717) is 18.7 Å². The maximum atomic E-state index is 11.9. The van der Waals surface area contributed by atoms with E-state index in [1.54, 1.807) is 42.0 Å². The first-order valence-corrected chi connectivity index (χ1v) is 5.86. The van der Waals surface area contributed by atoms with Crippen molar-refractivity contribution in [2.24, 2.45) is 0 Å². The van der Waals surface area contributed by atoms with Gasteiger partial charge in [-0.2, -0.15) is 0 Å². The number of anilines is 1. The van der Waals surface area contributed by atoms with Crippen LogP contribution in [0.1, 0.15) is 18.4 Å². The summed E-state index contributed by atoms with van der Waals surface area (Å²) in [5.74, 6) is -1.43. The number of aliphatic carboxylic acids is 1. The highest BCUT2D eigenvalue weighted by Crippen LogP contribution is 2.24. The summed E-state index contributed by atoms with van der Waals surface area (Å²) in [5.41, 5.74) is 1.47. The Hall–Kier alpha value is -2.04. The molecule has 0 spiro atoms. The van der Waals surface area contributed by atoms with E-state index in [1.807, 2.05) is 6.07 Å². The number of likely N-dealkylation sites (N-methyl/N-ethyl adjacent to an activating group) is 1. The molecule has 1 unspecified atom stereocenters. The maximum Gasteiger partial charge on any atom is 0.324 e. The van der Waals surface area contributed by atoms with Crippen LogP contribution in [-0.2, 0) is 4.79 Å². The number of carbonyl (C=O) groups is 2. The van der Waals surface area contributed by atoms with Gasteiger partial charge >= 0.3 is 12.0 Å². The zero-order valence-corrected chi connectivity index (χ0v) is 10.5. The first-order chi connectivity index (χ1) is 8.50. The first kappa shape index (κ1) is 12.4. The van der Waals surface area contributed by atoms with Crippen molar-refractivity contribution in [1.29, 1.82) is 0 Å². The van der Waals surface area contributed by atoms with Crippen molar-refractivity contribution in [3.63, 3.8) is 0 Å². The number of amides is 2. The lowest BCUT2D eigenvalue weighted by atomic mass is 10.0. The van der Waals surface area contributed by atoms with E-state index in [2.05, 4.69) is 0 Å². The zero-order valence-electron chi connectivity index (χ0n) is 10.5. The lowest BCUT2D eigenvalue weighted by molar-refractivity contribution is -0.138. The summed E-state index contributed by atoms with van der Waals surface area (Å²) in [6.45, 7) is 2.97. The summed E-state index contributed by atoms with van der Waals surface area (Å²) in [5, 5.41) is 9.00. The van der Waals surface area contributed by atoms with Crippen LogP contribution in [0.25, 0.3) is 0 Å². The fourth-order valence-electron chi connectivity index (χ4n) is 1.99. The number of rotatable bonds is 3. The first-order valence-electron chi connectivity index (χ1n) is 5.86. The highest BCUT2D eigenvalue weighted by Gasteiger charge is 2.27. The molecule has 0 bridgehead atoms. The lowest BCUT2D eigenvalue weighted by Gasteiger charge is -2.17. The Balaban J connectivity index is 2.28. The molecule has 0 radical (unpaired) electrons. The molecule has 0 aliphatic carbocycles. The molecule has 1 heterocycles. The molecule has 5 nitrogen and oxygen atoms in total. The SMILES string of the molecule is CC(C(=O)O)c1cccc(N2CCN(C)C2=O)c1. The second-order valence-electron chi connectivity index (χ2n) is 4.51. The molecular formula is C13H16N2O3. The van der Waals surface area contributed by atoms with Crippen molar-refractivity contribution in [1.82, 2.24) is 4.90 Å². The molecule has 1 atom stereocenters. The standard InChI is InChI=1S/C13H16N2O3/c1-9(12(16)17)10-4-3-5-11(8-10)15-7-6-14(2)13(15)18/h3-5,8-9H,6-7H2,1-2H3,(H,16,17). The summed E-state index contributed by atoms with van der Waals surface area (Å²) in [6, 6.07) is 7.11. The third-order valence-corrected chi connectivity index (χ3v) is 3.27. The van der Waals surface area contributed by atoms with E-state index in [0.717, 1.165) is 5.69 Å². The third kappa shape index (κ3) is 2.16. The smallest absolute Gasteiger partial charge is 0.324 e. The normalized spacial score (nSPS) is 17.1.